The van der Waals surface area contributed by atoms with Crippen molar-refractivity contribution in [3.05, 3.63) is 83.6 Å². The topological polar surface area (TPSA) is 86.5 Å². The first-order valence-electron chi connectivity index (χ1n) is 7.70. The Bertz CT molecular complexity index is 936. The third-order valence-electron chi connectivity index (χ3n) is 3.91. The lowest BCUT2D eigenvalue weighted by Gasteiger charge is -2.13. The van der Waals surface area contributed by atoms with E-state index in [2.05, 4.69) is 0 Å². The normalized spacial score (nSPS) is 16.9. The van der Waals surface area contributed by atoms with Crippen molar-refractivity contribution < 1.29 is 17.9 Å². The number of benzene rings is 2. The number of ether oxygens (including phenoxy) is 1. The molecule has 1 unspecified atom stereocenters. The maximum atomic E-state index is 12.3. The minimum Gasteiger partial charge on any atom is -0.493 e. The number of hydrogen-bond donors (Lipinski definition) is 1. The first-order chi connectivity index (χ1) is 11.9. The van der Waals surface area contributed by atoms with Crippen molar-refractivity contribution in [2.24, 2.45) is 5.14 Å². The molecule has 25 heavy (non-hydrogen) atoms. The van der Waals surface area contributed by atoms with Crippen LogP contribution < -0.4 is 5.14 Å². The molecule has 2 N–H and O–H groups in total. The van der Waals surface area contributed by atoms with Gasteiger partial charge in [0.25, 0.3) is 0 Å². The summed E-state index contributed by atoms with van der Waals surface area (Å²) in [7, 11) is -3.76. The molecule has 128 valence electrons. The van der Waals surface area contributed by atoms with Crippen LogP contribution in [0, 0.1) is 0 Å². The predicted octanol–water partition coefficient (Wildman–Crippen LogP) is 3.21. The highest BCUT2D eigenvalue weighted by molar-refractivity contribution is 7.89. The lowest BCUT2D eigenvalue weighted by atomic mass is 9.99. The Labute approximate surface area is 146 Å². The zero-order valence-corrected chi connectivity index (χ0v) is 14.1. The summed E-state index contributed by atoms with van der Waals surface area (Å²) in [5, 5.41) is 5.05. The van der Waals surface area contributed by atoms with Crippen LogP contribution in [0.15, 0.2) is 71.8 Å². The number of rotatable bonds is 5. The van der Waals surface area contributed by atoms with Crippen LogP contribution in [0.2, 0.25) is 0 Å². The molecular weight excluding hydrogens is 338 g/mol. The number of carbonyl (C=O) groups excluding carboxylic acids is 1. The van der Waals surface area contributed by atoms with Gasteiger partial charge in [-0.1, -0.05) is 30.3 Å². The van der Waals surface area contributed by atoms with Gasteiger partial charge >= 0.3 is 0 Å². The molecule has 0 saturated carbocycles. The van der Waals surface area contributed by atoms with Crippen molar-refractivity contribution in [2.45, 2.75) is 17.4 Å². The molecule has 0 aliphatic carbocycles. The van der Waals surface area contributed by atoms with E-state index in [1.165, 1.54) is 30.3 Å². The van der Waals surface area contributed by atoms with Crippen LogP contribution in [0.3, 0.4) is 0 Å². The van der Waals surface area contributed by atoms with E-state index in [1.54, 1.807) is 12.3 Å². The zero-order chi connectivity index (χ0) is 17.9. The molecule has 2 aromatic rings. The molecule has 1 atom stereocenters. The molecule has 1 aliphatic rings. The van der Waals surface area contributed by atoms with Crippen LogP contribution in [0.1, 0.15) is 34.0 Å². The summed E-state index contributed by atoms with van der Waals surface area (Å²) in [5.41, 5.74) is 2.31. The highest BCUT2D eigenvalue weighted by Crippen LogP contribution is 2.29. The number of nitrogens with two attached hydrogens (primary N) is 1. The monoisotopic (exact) mass is 355 g/mol. The Morgan fingerprint density at radius 1 is 1.12 bits per heavy atom. The summed E-state index contributed by atoms with van der Waals surface area (Å²) in [5.74, 6) is -0.221. The first-order valence-corrected chi connectivity index (χ1v) is 9.24. The van der Waals surface area contributed by atoms with Gasteiger partial charge in [-0.2, -0.15) is 0 Å². The van der Waals surface area contributed by atoms with Crippen LogP contribution in [0.25, 0.3) is 6.08 Å². The molecule has 0 bridgehead atoms. The van der Waals surface area contributed by atoms with Crippen LogP contribution >= 0.6 is 0 Å². The predicted molar refractivity (Wildman–Crippen MR) is 95.2 cm³/mol. The maximum Gasteiger partial charge on any atom is 0.238 e. The van der Waals surface area contributed by atoms with Crippen LogP contribution in [-0.2, 0) is 14.8 Å². The lowest BCUT2D eigenvalue weighted by molar-refractivity contribution is 0.104. The summed E-state index contributed by atoms with van der Waals surface area (Å²) in [6, 6.07) is 13.3. The SMILES string of the molecule is NS(=O)(=O)c1ccc(C(=O)C=Cc2ccccc2C2CC=CO2)cc1. The Balaban J connectivity index is 1.79. The van der Waals surface area contributed by atoms with Gasteiger partial charge in [0, 0.05) is 12.0 Å². The first kappa shape index (κ1) is 17.1. The number of sulfonamides is 1. The second-order valence-corrected chi connectivity index (χ2v) is 7.19. The van der Waals surface area contributed by atoms with E-state index in [-0.39, 0.29) is 16.8 Å². The maximum absolute atomic E-state index is 12.3. The number of carbonyl (C=O) groups is 1. The van der Waals surface area contributed by atoms with Gasteiger partial charge in [0.1, 0.15) is 6.10 Å². The van der Waals surface area contributed by atoms with Gasteiger partial charge in [0.05, 0.1) is 11.2 Å². The molecule has 0 spiro atoms. The second-order valence-electron chi connectivity index (χ2n) is 5.63. The molecule has 1 heterocycles. The van der Waals surface area contributed by atoms with E-state index < -0.39 is 10.0 Å². The van der Waals surface area contributed by atoms with Gasteiger partial charge < -0.3 is 4.74 Å². The highest BCUT2D eigenvalue weighted by Gasteiger charge is 2.16. The number of allylic oxidation sites excluding steroid dienone is 1. The molecule has 1 aliphatic heterocycles. The van der Waals surface area contributed by atoms with Crippen molar-refractivity contribution in [2.75, 3.05) is 0 Å². The van der Waals surface area contributed by atoms with Gasteiger partial charge in [-0.3, -0.25) is 4.79 Å². The Hall–Kier alpha value is -2.70. The fraction of sp³-hybridized carbons (Fsp3) is 0.105. The molecule has 0 aromatic heterocycles. The molecule has 2 aromatic carbocycles. The van der Waals surface area contributed by atoms with Gasteiger partial charge in [0.2, 0.25) is 10.0 Å². The Morgan fingerprint density at radius 2 is 1.84 bits per heavy atom. The molecule has 0 saturated heterocycles. The third kappa shape index (κ3) is 4.04. The average Bonchev–Trinajstić information content (AvgIpc) is 3.14. The largest absolute Gasteiger partial charge is 0.493 e. The summed E-state index contributed by atoms with van der Waals surface area (Å²) >= 11 is 0. The van der Waals surface area contributed by atoms with Gasteiger partial charge in [-0.05, 0) is 47.5 Å². The number of primary sulfonamides is 1. The van der Waals surface area contributed by atoms with Gasteiger partial charge in [0.15, 0.2) is 5.78 Å². The Kier molecular flexibility index (Phi) is 4.83. The van der Waals surface area contributed by atoms with Crippen molar-refractivity contribution in [1.29, 1.82) is 0 Å². The molecule has 3 rings (SSSR count). The molecule has 0 fully saturated rings. The van der Waals surface area contributed by atoms with Crippen molar-refractivity contribution in [3.8, 4) is 0 Å². The number of hydrogen-bond acceptors (Lipinski definition) is 4. The average molecular weight is 355 g/mol. The van der Waals surface area contributed by atoms with Crippen molar-refractivity contribution in [3.63, 3.8) is 0 Å². The fourth-order valence-electron chi connectivity index (χ4n) is 2.61. The Morgan fingerprint density at radius 3 is 2.48 bits per heavy atom. The highest BCUT2D eigenvalue weighted by atomic mass is 32.2. The summed E-state index contributed by atoms with van der Waals surface area (Å²) < 4.78 is 28.0. The molecule has 5 nitrogen and oxygen atoms in total. The lowest BCUT2D eigenvalue weighted by Crippen LogP contribution is -2.12. The summed E-state index contributed by atoms with van der Waals surface area (Å²) in [4.78, 5) is 12.3. The van der Waals surface area contributed by atoms with E-state index in [0.717, 1.165) is 17.5 Å². The fourth-order valence-corrected chi connectivity index (χ4v) is 3.13. The van der Waals surface area contributed by atoms with Crippen LogP contribution in [0.5, 0.6) is 0 Å². The van der Waals surface area contributed by atoms with E-state index in [1.807, 2.05) is 30.3 Å². The summed E-state index contributed by atoms with van der Waals surface area (Å²) in [6.45, 7) is 0. The smallest absolute Gasteiger partial charge is 0.238 e. The third-order valence-corrected chi connectivity index (χ3v) is 4.84. The van der Waals surface area contributed by atoms with E-state index in [0.29, 0.717) is 5.56 Å². The van der Waals surface area contributed by atoms with Gasteiger partial charge in [-0.25, -0.2) is 13.6 Å². The van der Waals surface area contributed by atoms with Crippen LogP contribution in [0.4, 0.5) is 0 Å². The van der Waals surface area contributed by atoms with E-state index >= 15 is 0 Å². The zero-order valence-electron chi connectivity index (χ0n) is 13.3. The standard InChI is InChI=1S/C19H17NO4S/c20-25(22,23)16-10-7-15(8-11-16)18(21)12-9-14-4-1-2-5-17(14)19-6-3-13-24-19/h1-5,7-13,19H,6H2,(H2,20,22,23). The number of ketones is 1. The minimum absolute atomic E-state index is 0.0238. The van der Waals surface area contributed by atoms with Crippen molar-refractivity contribution >= 4 is 21.9 Å². The quantitative estimate of drug-likeness (QED) is 0.659. The van der Waals surface area contributed by atoms with E-state index in [4.69, 9.17) is 9.88 Å². The molecular formula is C19H17NO4S. The van der Waals surface area contributed by atoms with Crippen LogP contribution in [-0.4, -0.2) is 14.2 Å². The van der Waals surface area contributed by atoms with E-state index in [9.17, 15) is 13.2 Å². The molecule has 6 heteroatoms. The van der Waals surface area contributed by atoms with Gasteiger partial charge in [-0.15, -0.1) is 0 Å². The molecule has 0 radical (unpaired) electrons. The minimum atomic E-state index is -3.76. The van der Waals surface area contributed by atoms with Crippen molar-refractivity contribution in [1.82, 2.24) is 0 Å². The summed E-state index contributed by atoms with van der Waals surface area (Å²) in [6.07, 6.45) is 7.62. The molecule has 0 amide bonds. The second kappa shape index (κ2) is 7.04.